The molecule has 0 aliphatic heterocycles. The molecule has 0 radical (unpaired) electrons. The molecule has 0 atom stereocenters. The maximum absolute atomic E-state index is 6.02. The van der Waals surface area contributed by atoms with Crippen LogP contribution in [0.15, 0.2) is 59.3 Å². The molecule has 0 N–H and O–H groups in total. The average molecular weight is 234 g/mol. The molecule has 1 nitrogen and oxygen atoms in total. The zero-order valence-corrected chi connectivity index (χ0v) is 9.62. The molecule has 0 aromatic heterocycles. The van der Waals surface area contributed by atoms with E-state index in [4.69, 9.17) is 11.6 Å². The summed E-state index contributed by atoms with van der Waals surface area (Å²) in [6.45, 7) is 0. The van der Waals surface area contributed by atoms with E-state index in [1.807, 2.05) is 54.6 Å². The van der Waals surface area contributed by atoms with Gasteiger partial charge in [-0.3, -0.25) is 0 Å². The van der Waals surface area contributed by atoms with Gasteiger partial charge in [-0.2, -0.15) is 0 Å². The van der Waals surface area contributed by atoms with Crippen molar-refractivity contribution in [1.29, 1.82) is 0 Å². The third kappa shape index (κ3) is 2.89. The van der Waals surface area contributed by atoms with Crippen LogP contribution in [0.5, 0.6) is 0 Å². The van der Waals surface area contributed by atoms with Crippen molar-refractivity contribution in [2.45, 2.75) is 0 Å². The summed E-state index contributed by atoms with van der Waals surface area (Å²) in [7, 11) is 0.884. The average Bonchev–Trinajstić information content (AvgIpc) is 2.29. The molecule has 15 heavy (non-hydrogen) atoms. The number of halogens is 1. The maximum Gasteiger partial charge on any atom is 0.0679 e. The first-order valence-electron chi connectivity index (χ1n) is 4.57. The second-order valence-electron chi connectivity index (χ2n) is 2.99. The lowest BCUT2D eigenvalue weighted by atomic mass is 10.3. The molecular formula is C12H9ClNP. The lowest BCUT2D eigenvalue weighted by Gasteiger charge is -1.95. The van der Waals surface area contributed by atoms with Gasteiger partial charge in [0.15, 0.2) is 0 Å². The van der Waals surface area contributed by atoms with Crippen LogP contribution in [0.3, 0.4) is 0 Å². The minimum atomic E-state index is 0.763. The fourth-order valence-electron chi connectivity index (χ4n) is 1.14. The fourth-order valence-corrected chi connectivity index (χ4v) is 2.07. The van der Waals surface area contributed by atoms with E-state index in [-0.39, 0.29) is 0 Å². The lowest BCUT2D eigenvalue weighted by Crippen LogP contribution is -1.90. The van der Waals surface area contributed by atoms with Crippen LogP contribution >= 0.6 is 20.0 Å². The quantitative estimate of drug-likeness (QED) is 0.681. The molecule has 74 valence electrons. The lowest BCUT2D eigenvalue weighted by molar-refractivity contribution is 1.57. The van der Waals surface area contributed by atoms with Crippen LogP contribution in [0, 0.1) is 0 Å². The smallest absolute Gasteiger partial charge is 0.0679 e. The van der Waals surface area contributed by atoms with Crippen LogP contribution in [0.4, 0.5) is 5.69 Å². The molecule has 0 bridgehead atoms. The van der Waals surface area contributed by atoms with Crippen LogP contribution in [0.2, 0.25) is 5.02 Å². The van der Waals surface area contributed by atoms with Crippen LogP contribution in [-0.2, 0) is 0 Å². The minimum absolute atomic E-state index is 0.763. The van der Waals surface area contributed by atoms with E-state index in [9.17, 15) is 0 Å². The van der Waals surface area contributed by atoms with Crippen molar-refractivity contribution < 1.29 is 0 Å². The number of rotatable bonds is 2. The highest BCUT2D eigenvalue weighted by Gasteiger charge is 1.94. The number of benzene rings is 2. The van der Waals surface area contributed by atoms with Gasteiger partial charge in [0.1, 0.15) is 0 Å². The van der Waals surface area contributed by atoms with Crippen LogP contribution < -0.4 is 5.30 Å². The Morgan fingerprint density at radius 1 is 0.867 bits per heavy atom. The van der Waals surface area contributed by atoms with E-state index in [2.05, 4.69) is 4.74 Å². The van der Waals surface area contributed by atoms with E-state index in [1.54, 1.807) is 0 Å². The standard InChI is InChI=1S/C12H9ClNP/c13-11-8-4-5-9-12(11)15-14-10-6-2-1-3-7-10/h1-9H. The highest BCUT2D eigenvalue weighted by atomic mass is 35.5. The number of nitrogens with zero attached hydrogens (tertiary/aromatic N) is 1. The fraction of sp³-hybridized carbons (Fsp3) is 0. The molecule has 0 saturated heterocycles. The van der Waals surface area contributed by atoms with Crippen molar-refractivity contribution in [3.05, 3.63) is 59.6 Å². The van der Waals surface area contributed by atoms with Gasteiger partial charge in [0.05, 0.1) is 10.7 Å². The summed E-state index contributed by atoms with van der Waals surface area (Å²) in [5.41, 5.74) is 0.971. The molecule has 0 unspecified atom stereocenters. The molecule has 0 saturated carbocycles. The third-order valence-electron chi connectivity index (χ3n) is 1.88. The SMILES string of the molecule is Clc1ccccc1P=Nc1ccccc1. The molecule has 0 amide bonds. The Hall–Kier alpha value is -1.17. The van der Waals surface area contributed by atoms with Crippen molar-refractivity contribution in [1.82, 2.24) is 0 Å². The van der Waals surface area contributed by atoms with Gasteiger partial charge in [0.25, 0.3) is 0 Å². The molecule has 0 spiro atoms. The molecule has 0 fully saturated rings. The Morgan fingerprint density at radius 3 is 2.27 bits per heavy atom. The summed E-state index contributed by atoms with van der Waals surface area (Å²) in [4.78, 5) is 0. The Morgan fingerprint density at radius 2 is 1.53 bits per heavy atom. The van der Waals surface area contributed by atoms with Crippen LogP contribution in [-0.4, -0.2) is 0 Å². The van der Waals surface area contributed by atoms with Gasteiger partial charge >= 0.3 is 0 Å². The highest BCUT2D eigenvalue weighted by Crippen LogP contribution is 2.19. The van der Waals surface area contributed by atoms with Crippen molar-refractivity contribution in [3.8, 4) is 0 Å². The van der Waals surface area contributed by atoms with Crippen molar-refractivity contribution in [2.75, 3.05) is 0 Å². The van der Waals surface area contributed by atoms with Gasteiger partial charge < -0.3 is 0 Å². The molecule has 3 heteroatoms. The minimum Gasteiger partial charge on any atom is -0.227 e. The number of hydrogen-bond donors (Lipinski definition) is 0. The summed E-state index contributed by atoms with van der Waals surface area (Å²) >= 11 is 6.02. The molecule has 2 aromatic rings. The maximum atomic E-state index is 6.02. The van der Waals surface area contributed by atoms with E-state index in [1.165, 1.54) is 0 Å². The molecule has 0 aliphatic rings. The van der Waals surface area contributed by atoms with Gasteiger partial charge in [-0.15, -0.1) is 0 Å². The van der Waals surface area contributed by atoms with Crippen LogP contribution in [0.1, 0.15) is 0 Å². The third-order valence-corrected chi connectivity index (χ3v) is 3.28. The second-order valence-corrected chi connectivity index (χ2v) is 4.28. The first-order chi connectivity index (χ1) is 7.36. The second kappa shape index (κ2) is 5.06. The van der Waals surface area contributed by atoms with Crippen molar-refractivity contribution >= 4 is 31.0 Å². The summed E-state index contributed by atoms with van der Waals surface area (Å²) in [6, 6.07) is 17.6. The zero-order valence-electron chi connectivity index (χ0n) is 7.97. The normalized spacial score (nSPS) is 10.7. The first-order valence-corrected chi connectivity index (χ1v) is 5.80. The predicted octanol–water partition coefficient (Wildman–Crippen LogP) is 4.43. The molecule has 2 aromatic carbocycles. The summed E-state index contributed by atoms with van der Waals surface area (Å²) in [6.07, 6.45) is 0. The van der Waals surface area contributed by atoms with Gasteiger partial charge in [-0.05, 0) is 24.3 Å². The first kappa shape index (κ1) is 10.4. The van der Waals surface area contributed by atoms with Gasteiger partial charge in [-0.25, -0.2) is 4.74 Å². The molecular weight excluding hydrogens is 225 g/mol. The zero-order chi connectivity index (χ0) is 10.5. The molecule has 0 heterocycles. The van der Waals surface area contributed by atoms with E-state index >= 15 is 0 Å². The molecule has 2 rings (SSSR count). The summed E-state index contributed by atoms with van der Waals surface area (Å²) < 4.78 is 4.43. The molecule has 0 aliphatic carbocycles. The van der Waals surface area contributed by atoms with Crippen LogP contribution in [0.25, 0.3) is 0 Å². The summed E-state index contributed by atoms with van der Waals surface area (Å²) in [5.74, 6) is 0. The Kier molecular flexibility index (Phi) is 3.49. The Balaban J connectivity index is 2.23. The van der Waals surface area contributed by atoms with Crippen molar-refractivity contribution in [2.24, 2.45) is 4.74 Å². The van der Waals surface area contributed by atoms with Gasteiger partial charge in [-0.1, -0.05) is 41.9 Å². The monoisotopic (exact) mass is 233 g/mol. The van der Waals surface area contributed by atoms with Gasteiger partial charge in [0, 0.05) is 13.7 Å². The van der Waals surface area contributed by atoms with Gasteiger partial charge in [0.2, 0.25) is 0 Å². The highest BCUT2D eigenvalue weighted by molar-refractivity contribution is 7.37. The van der Waals surface area contributed by atoms with E-state index in [0.29, 0.717) is 0 Å². The summed E-state index contributed by atoms with van der Waals surface area (Å²) in [5, 5.41) is 1.79. The predicted molar refractivity (Wildman–Crippen MR) is 66.5 cm³/mol. The topological polar surface area (TPSA) is 12.4 Å². The Labute approximate surface area is 95.6 Å². The van der Waals surface area contributed by atoms with Crippen molar-refractivity contribution in [3.63, 3.8) is 0 Å². The largest absolute Gasteiger partial charge is 0.227 e. The van der Waals surface area contributed by atoms with E-state index < -0.39 is 0 Å². The van der Waals surface area contributed by atoms with E-state index in [0.717, 1.165) is 24.4 Å². The number of hydrogen-bond acceptors (Lipinski definition) is 1. The Bertz CT molecular complexity index is 468.